The number of amides is 1. The molecule has 1 amide bonds. The summed E-state index contributed by atoms with van der Waals surface area (Å²) in [6.07, 6.45) is 75.7. The van der Waals surface area contributed by atoms with E-state index in [9.17, 15) is 19.4 Å². The second-order valence-electron chi connectivity index (χ2n) is 23.8. The molecular weight excluding hydrogens is 948 g/mol. The molecule has 0 aromatic carbocycles. The summed E-state index contributed by atoms with van der Waals surface area (Å²) in [5, 5.41) is 13.8. The molecule has 9 heteroatoms. The van der Waals surface area contributed by atoms with Crippen molar-refractivity contribution in [3.63, 3.8) is 0 Å². The Morgan fingerprint density at radius 3 is 1.08 bits per heavy atom. The molecule has 3 unspecified atom stereocenters. The van der Waals surface area contributed by atoms with Gasteiger partial charge in [-0.25, -0.2) is 0 Å². The summed E-state index contributed by atoms with van der Waals surface area (Å²) < 4.78 is 23.3. The van der Waals surface area contributed by atoms with Crippen LogP contribution in [-0.4, -0.2) is 68.5 Å². The van der Waals surface area contributed by atoms with Gasteiger partial charge < -0.3 is 28.8 Å². The van der Waals surface area contributed by atoms with Crippen LogP contribution in [0.4, 0.5) is 0 Å². The van der Waals surface area contributed by atoms with Crippen LogP contribution in [0.5, 0.6) is 0 Å². The number of quaternary nitrogens is 1. The summed E-state index contributed by atoms with van der Waals surface area (Å²) in [7, 11) is 1.25. The highest BCUT2D eigenvalue weighted by Gasteiger charge is 2.23. The molecule has 0 aliphatic rings. The topological polar surface area (TPSA) is 108 Å². The zero-order valence-electron chi connectivity index (χ0n) is 50.8. The summed E-state index contributed by atoms with van der Waals surface area (Å²) in [4.78, 5) is 25.5. The number of rotatable bonds is 61. The molecule has 0 aromatic heterocycles. The van der Waals surface area contributed by atoms with E-state index in [0.717, 1.165) is 38.5 Å². The van der Waals surface area contributed by atoms with E-state index in [2.05, 4.69) is 43.5 Å². The Morgan fingerprint density at radius 1 is 0.453 bits per heavy atom. The number of likely N-dealkylation sites (N-methyl/N-ethyl adjacent to an activating group) is 1. The smallest absolute Gasteiger partial charge is 0.268 e. The van der Waals surface area contributed by atoms with Crippen LogP contribution >= 0.6 is 7.82 Å². The third-order valence-electron chi connectivity index (χ3n) is 15.1. The quantitative estimate of drug-likeness (QED) is 0.0272. The van der Waals surface area contributed by atoms with Gasteiger partial charge in [0.15, 0.2) is 0 Å². The Kier molecular flexibility index (Phi) is 56.4. The third-order valence-corrected chi connectivity index (χ3v) is 16.0. The van der Waals surface area contributed by atoms with E-state index in [1.54, 1.807) is 6.08 Å². The van der Waals surface area contributed by atoms with Crippen molar-refractivity contribution in [3.8, 4) is 0 Å². The number of phosphoric ester groups is 1. The van der Waals surface area contributed by atoms with Crippen molar-refractivity contribution in [2.75, 3.05) is 40.9 Å². The van der Waals surface area contributed by atoms with Crippen LogP contribution in [0.1, 0.15) is 328 Å². The molecule has 75 heavy (non-hydrogen) atoms. The lowest BCUT2D eigenvalue weighted by Crippen LogP contribution is -2.45. The largest absolute Gasteiger partial charge is 0.756 e. The number of aliphatic hydroxyl groups is 1. The van der Waals surface area contributed by atoms with E-state index in [1.165, 1.54) is 270 Å². The molecule has 0 bridgehead atoms. The summed E-state index contributed by atoms with van der Waals surface area (Å²) in [6, 6.07) is -0.902. The van der Waals surface area contributed by atoms with Crippen molar-refractivity contribution in [1.29, 1.82) is 0 Å². The van der Waals surface area contributed by atoms with Crippen LogP contribution in [0.15, 0.2) is 36.5 Å². The number of carbonyl (C=O) groups excluding carboxylic acids is 1. The van der Waals surface area contributed by atoms with E-state index in [0.29, 0.717) is 17.4 Å². The molecule has 0 radical (unpaired) electrons. The van der Waals surface area contributed by atoms with Gasteiger partial charge in [-0.2, -0.15) is 0 Å². The Hall–Kier alpha value is -1.28. The maximum Gasteiger partial charge on any atom is 0.268 e. The van der Waals surface area contributed by atoms with Gasteiger partial charge in [0.1, 0.15) is 13.2 Å². The number of phosphoric acid groups is 1. The molecule has 2 N–H and O–H groups in total. The number of nitrogens with zero attached hydrogens (tertiary/aromatic N) is 1. The second kappa shape index (κ2) is 57.4. The highest BCUT2D eigenvalue weighted by atomic mass is 31.2. The van der Waals surface area contributed by atoms with Gasteiger partial charge >= 0.3 is 0 Å². The zero-order chi connectivity index (χ0) is 54.9. The predicted octanol–water partition coefficient (Wildman–Crippen LogP) is 19.9. The molecule has 0 saturated heterocycles. The van der Waals surface area contributed by atoms with Crippen LogP contribution in [0.25, 0.3) is 0 Å². The minimum atomic E-state index is -4.60. The zero-order valence-corrected chi connectivity index (χ0v) is 51.7. The van der Waals surface area contributed by atoms with Gasteiger partial charge in [-0.05, 0) is 57.8 Å². The summed E-state index contributed by atoms with van der Waals surface area (Å²) in [6.45, 7) is 4.66. The highest BCUT2D eigenvalue weighted by Crippen LogP contribution is 2.38. The molecule has 0 aliphatic carbocycles. The Balaban J connectivity index is 3.89. The van der Waals surface area contributed by atoms with E-state index in [-0.39, 0.29) is 19.1 Å². The molecule has 0 aliphatic heterocycles. The van der Waals surface area contributed by atoms with Gasteiger partial charge in [0.2, 0.25) is 5.91 Å². The normalized spacial score (nSPS) is 14.0. The maximum atomic E-state index is 13.0. The van der Waals surface area contributed by atoms with E-state index < -0.39 is 20.0 Å². The number of unbranched alkanes of at least 4 members (excludes halogenated alkanes) is 44. The molecule has 0 spiro atoms. The molecule has 0 saturated carbocycles. The van der Waals surface area contributed by atoms with E-state index in [4.69, 9.17) is 9.05 Å². The van der Waals surface area contributed by atoms with Crippen LogP contribution in [-0.2, 0) is 18.4 Å². The van der Waals surface area contributed by atoms with E-state index in [1.807, 2.05) is 27.2 Å². The Morgan fingerprint density at radius 2 is 0.747 bits per heavy atom. The van der Waals surface area contributed by atoms with Gasteiger partial charge in [-0.15, -0.1) is 0 Å². The lowest BCUT2D eigenvalue weighted by Gasteiger charge is -2.29. The minimum Gasteiger partial charge on any atom is -0.756 e. The molecule has 8 nitrogen and oxygen atoms in total. The van der Waals surface area contributed by atoms with Crippen molar-refractivity contribution in [2.24, 2.45) is 0 Å². The molecule has 0 aromatic rings. The number of hydrogen-bond donors (Lipinski definition) is 2. The third kappa shape index (κ3) is 60.2. The number of carbonyl (C=O) groups is 1. The van der Waals surface area contributed by atoms with Gasteiger partial charge in [0.25, 0.3) is 7.82 Å². The van der Waals surface area contributed by atoms with Crippen molar-refractivity contribution in [3.05, 3.63) is 36.5 Å². The van der Waals surface area contributed by atoms with Crippen molar-refractivity contribution in [1.82, 2.24) is 5.32 Å². The first-order valence-corrected chi connectivity index (χ1v) is 34.3. The maximum absolute atomic E-state index is 13.0. The summed E-state index contributed by atoms with van der Waals surface area (Å²) >= 11 is 0. The van der Waals surface area contributed by atoms with Crippen LogP contribution < -0.4 is 10.2 Å². The van der Waals surface area contributed by atoms with Gasteiger partial charge in [-0.1, -0.05) is 301 Å². The van der Waals surface area contributed by atoms with Crippen LogP contribution in [0, 0.1) is 0 Å². The van der Waals surface area contributed by atoms with Gasteiger partial charge in [0, 0.05) is 6.42 Å². The van der Waals surface area contributed by atoms with E-state index >= 15 is 0 Å². The monoisotopic (exact) mass is 1080 g/mol. The number of nitrogens with one attached hydrogen (secondary N) is 1. The first-order chi connectivity index (χ1) is 36.5. The van der Waals surface area contributed by atoms with Crippen molar-refractivity contribution < 1.29 is 32.9 Å². The number of aliphatic hydroxyl groups excluding tert-OH is 1. The second-order valence-corrected chi connectivity index (χ2v) is 25.2. The van der Waals surface area contributed by atoms with Crippen molar-refractivity contribution >= 4 is 13.7 Å². The predicted molar refractivity (Wildman–Crippen MR) is 325 cm³/mol. The summed E-state index contributed by atoms with van der Waals surface area (Å²) in [5.74, 6) is -0.203. The lowest BCUT2D eigenvalue weighted by molar-refractivity contribution is -0.870. The Bertz CT molecular complexity index is 1320. The first-order valence-electron chi connectivity index (χ1n) is 32.9. The molecule has 0 rings (SSSR count). The fraction of sp³-hybridized carbons (Fsp3) is 0.894. The molecule has 0 heterocycles. The van der Waals surface area contributed by atoms with Gasteiger partial charge in [-0.3, -0.25) is 9.36 Å². The fourth-order valence-corrected chi connectivity index (χ4v) is 10.7. The Labute approximate surface area is 467 Å². The summed E-state index contributed by atoms with van der Waals surface area (Å²) in [5.41, 5.74) is 0. The van der Waals surface area contributed by atoms with Gasteiger partial charge in [0.05, 0.1) is 39.9 Å². The minimum absolute atomic E-state index is 0.00509. The van der Waals surface area contributed by atoms with Crippen LogP contribution in [0.2, 0.25) is 0 Å². The fourth-order valence-electron chi connectivity index (χ4n) is 9.93. The first kappa shape index (κ1) is 73.7. The van der Waals surface area contributed by atoms with Crippen molar-refractivity contribution in [2.45, 2.75) is 341 Å². The standard InChI is InChI=1S/C66H129N2O6P/c1-6-8-10-12-14-16-18-20-22-23-24-25-26-27-28-29-30-31-32-33-34-35-36-37-38-39-40-41-42-43-44-45-46-48-50-52-54-56-58-60-66(70)67-64(63-74-75(71,72)73-62-61-68(3,4)5)65(69)59-57-55-53-51-49-47-21-19-17-15-13-11-9-7-2/h33-34,49,51,57,59,64-65,69H,6-32,35-48,50,52-56,58,60-63H2,1-5H3,(H-,67,70,71,72)/b34-33-,51-49+,59-57+. The average molecular weight is 1080 g/mol. The SMILES string of the molecule is CCCCCCCCCC/C=C/CC/C=C/C(O)C(COP(=O)([O-])OCC[N+](C)(C)C)NC(=O)CCCCCCCCCCCCCCCCCCC/C=C\CCCCCCCCCCCCCCCCCCCC. The molecule has 0 fully saturated rings. The molecule has 3 atom stereocenters. The lowest BCUT2D eigenvalue weighted by atomic mass is 10.0. The average Bonchev–Trinajstić information content (AvgIpc) is 3.37. The number of allylic oxidation sites excluding steroid dienone is 5. The number of hydrogen-bond acceptors (Lipinski definition) is 6. The molecule has 444 valence electrons. The highest BCUT2D eigenvalue weighted by molar-refractivity contribution is 7.45. The molecular formula is C66H129N2O6P. The van der Waals surface area contributed by atoms with Crippen LogP contribution in [0.3, 0.4) is 0 Å².